The van der Waals surface area contributed by atoms with Gasteiger partial charge in [-0.1, -0.05) is 23.2 Å². The molecule has 2 aromatic rings. The Morgan fingerprint density at radius 1 is 1.26 bits per heavy atom. The minimum absolute atomic E-state index is 0.309. The lowest BCUT2D eigenvalue weighted by atomic mass is 10.2. The van der Waals surface area contributed by atoms with E-state index < -0.39 is 0 Å². The Labute approximate surface area is 121 Å². The number of nitrogens with zero attached hydrogens (tertiary/aromatic N) is 3. The maximum Gasteiger partial charge on any atom is 0.266 e. The topological polar surface area (TPSA) is 68.2 Å². The summed E-state index contributed by atoms with van der Waals surface area (Å²) >= 11 is 11.9. The second-order valence-corrected chi connectivity index (χ2v) is 4.76. The first kappa shape index (κ1) is 14.0. The number of halogens is 2. The van der Waals surface area contributed by atoms with Crippen LogP contribution in [-0.2, 0) is 0 Å². The van der Waals surface area contributed by atoms with Crippen LogP contribution in [0.2, 0.25) is 10.0 Å². The molecular weight excluding hydrogens is 287 g/mol. The van der Waals surface area contributed by atoms with Gasteiger partial charge in [0.1, 0.15) is 0 Å². The van der Waals surface area contributed by atoms with E-state index in [9.17, 15) is 0 Å². The van der Waals surface area contributed by atoms with Gasteiger partial charge in [-0.2, -0.15) is 4.98 Å². The standard InChI is InChI=1S/C12H14Cl2N4O/c1-3-18(4-2)12-16-11(19-17-12)8-5-7(13)6-9(14)10(8)15/h5-6H,3-4,15H2,1-2H3. The molecule has 0 aliphatic heterocycles. The minimum Gasteiger partial charge on any atom is -0.397 e. The van der Waals surface area contributed by atoms with E-state index in [4.69, 9.17) is 33.5 Å². The Morgan fingerprint density at radius 3 is 2.58 bits per heavy atom. The molecule has 0 amide bonds. The third kappa shape index (κ3) is 2.77. The molecule has 0 aliphatic carbocycles. The van der Waals surface area contributed by atoms with Crippen molar-refractivity contribution in [1.82, 2.24) is 10.1 Å². The summed E-state index contributed by atoms with van der Waals surface area (Å²) in [7, 11) is 0. The van der Waals surface area contributed by atoms with Crippen LogP contribution in [0.4, 0.5) is 11.6 Å². The van der Waals surface area contributed by atoms with Crippen LogP contribution in [0.15, 0.2) is 16.7 Å². The van der Waals surface area contributed by atoms with E-state index in [0.29, 0.717) is 33.1 Å². The van der Waals surface area contributed by atoms with E-state index in [1.165, 1.54) is 0 Å². The van der Waals surface area contributed by atoms with Gasteiger partial charge in [0.2, 0.25) is 0 Å². The number of benzene rings is 1. The lowest BCUT2D eigenvalue weighted by molar-refractivity contribution is 0.429. The molecule has 0 unspecified atom stereocenters. The summed E-state index contributed by atoms with van der Waals surface area (Å²) in [6.07, 6.45) is 0. The Hall–Kier alpha value is -1.46. The maximum atomic E-state index is 5.98. The van der Waals surface area contributed by atoms with Crippen LogP contribution in [0.1, 0.15) is 13.8 Å². The van der Waals surface area contributed by atoms with E-state index in [1.54, 1.807) is 12.1 Å². The Bertz CT molecular complexity index is 581. The van der Waals surface area contributed by atoms with Gasteiger partial charge >= 0.3 is 0 Å². The molecule has 2 rings (SSSR count). The first-order valence-corrected chi connectivity index (χ1v) is 6.66. The fraction of sp³-hybridized carbons (Fsp3) is 0.333. The van der Waals surface area contributed by atoms with Crippen LogP contribution >= 0.6 is 23.2 Å². The van der Waals surface area contributed by atoms with Crippen LogP contribution in [0.5, 0.6) is 0 Å². The number of hydrogen-bond donors (Lipinski definition) is 1. The Kier molecular flexibility index (Phi) is 4.17. The molecule has 0 atom stereocenters. The quantitative estimate of drug-likeness (QED) is 0.876. The summed E-state index contributed by atoms with van der Waals surface area (Å²) in [5.41, 5.74) is 6.82. The summed E-state index contributed by atoms with van der Waals surface area (Å²) in [4.78, 5) is 6.28. The van der Waals surface area contributed by atoms with Crippen molar-refractivity contribution in [2.24, 2.45) is 0 Å². The summed E-state index contributed by atoms with van der Waals surface area (Å²) < 4.78 is 5.23. The van der Waals surface area contributed by atoms with Crippen molar-refractivity contribution in [2.45, 2.75) is 13.8 Å². The van der Waals surface area contributed by atoms with E-state index in [1.807, 2.05) is 18.7 Å². The van der Waals surface area contributed by atoms with Gasteiger partial charge in [0.05, 0.1) is 16.3 Å². The number of nitrogen functional groups attached to an aromatic ring is 1. The molecule has 7 heteroatoms. The highest BCUT2D eigenvalue weighted by atomic mass is 35.5. The highest BCUT2D eigenvalue weighted by Gasteiger charge is 2.17. The molecule has 0 bridgehead atoms. The van der Waals surface area contributed by atoms with Gasteiger partial charge in [-0.15, -0.1) is 0 Å². The van der Waals surface area contributed by atoms with E-state index >= 15 is 0 Å². The van der Waals surface area contributed by atoms with E-state index in [0.717, 1.165) is 13.1 Å². The predicted octanol–water partition coefficient (Wildman–Crippen LogP) is 3.47. The summed E-state index contributed by atoms with van der Waals surface area (Å²) in [5, 5.41) is 4.77. The third-order valence-corrected chi connectivity index (χ3v) is 3.32. The number of anilines is 2. The van der Waals surface area contributed by atoms with Crippen LogP contribution in [0, 0.1) is 0 Å². The fourth-order valence-corrected chi connectivity index (χ4v) is 2.22. The van der Waals surface area contributed by atoms with Crippen molar-refractivity contribution in [1.29, 1.82) is 0 Å². The molecule has 2 N–H and O–H groups in total. The van der Waals surface area contributed by atoms with Gasteiger partial charge in [-0.3, -0.25) is 0 Å². The molecular formula is C12H14Cl2N4O. The molecule has 0 aliphatic rings. The van der Waals surface area contributed by atoms with Gasteiger partial charge in [-0.25, -0.2) is 0 Å². The zero-order valence-electron chi connectivity index (χ0n) is 10.7. The van der Waals surface area contributed by atoms with E-state index in [-0.39, 0.29) is 0 Å². The van der Waals surface area contributed by atoms with Crippen molar-refractivity contribution < 1.29 is 4.52 Å². The van der Waals surface area contributed by atoms with Crippen LogP contribution in [-0.4, -0.2) is 23.2 Å². The van der Waals surface area contributed by atoms with Crippen molar-refractivity contribution in [2.75, 3.05) is 23.7 Å². The molecule has 0 radical (unpaired) electrons. The first-order valence-electron chi connectivity index (χ1n) is 5.90. The van der Waals surface area contributed by atoms with Gasteiger partial charge in [0.15, 0.2) is 0 Å². The third-order valence-electron chi connectivity index (χ3n) is 2.79. The summed E-state index contributed by atoms with van der Waals surface area (Å²) in [5.74, 6) is 0.833. The number of nitrogens with two attached hydrogens (primary N) is 1. The van der Waals surface area contributed by atoms with E-state index in [2.05, 4.69) is 10.1 Å². The lowest BCUT2D eigenvalue weighted by Crippen LogP contribution is -2.22. The molecule has 19 heavy (non-hydrogen) atoms. The predicted molar refractivity (Wildman–Crippen MR) is 77.7 cm³/mol. The molecule has 1 aromatic heterocycles. The Balaban J connectivity index is 2.43. The number of aromatic nitrogens is 2. The molecule has 0 spiro atoms. The largest absolute Gasteiger partial charge is 0.397 e. The highest BCUT2D eigenvalue weighted by molar-refractivity contribution is 6.37. The van der Waals surface area contributed by atoms with Gasteiger partial charge in [0.25, 0.3) is 11.8 Å². The SMILES string of the molecule is CCN(CC)c1noc(-c2cc(Cl)cc(Cl)c2N)n1. The monoisotopic (exact) mass is 300 g/mol. The molecule has 102 valence electrons. The summed E-state index contributed by atoms with van der Waals surface area (Å²) in [6.45, 7) is 5.62. The van der Waals surface area contributed by atoms with Crippen molar-refractivity contribution >= 4 is 34.8 Å². The average Bonchev–Trinajstić information content (AvgIpc) is 2.85. The van der Waals surface area contributed by atoms with Gasteiger partial charge in [-0.05, 0) is 31.1 Å². The second kappa shape index (κ2) is 5.67. The minimum atomic E-state index is 0.309. The molecule has 0 fully saturated rings. The fourth-order valence-electron chi connectivity index (χ4n) is 1.72. The van der Waals surface area contributed by atoms with Gasteiger partial charge in [0, 0.05) is 18.1 Å². The normalized spacial score (nSPS) is 10.7. The van der Waals surface area contributed by atoms with Crippen molar-refractivity contribution in [3.63, 3.8) is 0 Å². The molecule has 5 nitrogen and oxygen atoms in total. The zero-order valence-corrected chi connectivity index (χ0v) is 12.2. The summed E-state index contributed by atoms with van der Waals surface area (Å²) in [6, 6.07) is 3.23. The average molecular weight is 301 g/mol. The first-order chi connectivity index (χ1) is 9.06. The maximum absolute atomic E-state index is 5.98. The zero-order chi connectivity index (χ0) is 14.0. The highest BCUT2D eigenvalue weighted by Crippen LogP contribution is 2.34. The van der Waals surface area contributed by atoms with Crippen molar-refractivity contribution in [3.05, 3.63) is 22.2 Å². The lowest BCUT2D eigenvalue weighted by Gasteiger charge is -2.14. The van der Waals surface area contributed by atoms with Crippen LogP contribution in [0.3, 0.4) is 0 Å². The molecule has 0 saturated carbocycles. The smallest absolute Gasteiger partial charge is 0.266 e. The molecule has 0 saturated heterocycles. The molecule has 1 heterocycles. The van der Waals surface area contributed by atoms with Crippen molar-refractivity contribution in [3.8, 4) is 11.5 Å². The second-order valence-electron chi connectivity index (χ2n) is 3.92. The molecule has 1 aromatic carbocycles. The van der Waals surface area contributed by atoms with Gasteiger partial charge < -0.3 is 15.2 Å². The number of hydrogen-bond acceptors (Lipinski definition) is 5. The van der Waals surface area contributed by atoms with Crippen LogP contribution in [0.25, 0.3) is 11.5 Å². The number of rotatable bonds is 4. The van der Waals surface area contributed by atoms with Crippen LogP contribution < -0.4 is 10.6 Å². The Morgan fingerprint density at radius 2 is 1.95 bits per heavy atom.